The van der Waals surface area contributed by atoms with Crippen LogP contribution in [0.2, 0.25) is 10.0 Å². The second-order valence-corrected chi connectivity index (χ2v) is 12.3. The van der Waals surface area contributed by atoms with Gasteiger partial charge in [0, 0.05) is 41.8 Å². The molecule has 0 saturated carbocycles. The number of rotatable bonds is 10. The second kappa shape index (κ2) is 14.0. The highest BCUT2D eigenvalue weighted by Crippen LogP contribution is 2.36. The molecule has 0 aromatic heterocycles. The lowest BCUT2D eigenvalue weighted by Gasteiger charge is -2.26. The number of carbonyl (C=O) groups excluding carboxylic acids is 1. The number of nitrogens with zero attached hydrogens (tertiary/aromatic N) is 2. The van der Waals surface area contributed by atoms with Gasteiger partial charge in [-0.1, -0.05) is 65.4 Å². The van der Waals surface area contributed by atoms with Crippen LogP contribution in [0.3, 0.4) is 0 Å². The van der Waals surface area contributed by atoms with Gasteiger partial charge in [-0.2, -0.15) is 0 Å². The number of hydrogen-bond donors (Lipinski definition) is 1. The van der Waals surface area contributed by atoms with E-state index in [4.69, 9.17) is 50.0 Å². The summed E-state index contributed by atoms with van der Waals surface area (Å²) in [5.41, 5.74) is 3.62. The Kier molecular flexibility index (Phi) is 10.2. The van der Waals surface area contributed by atoms with Crippen LogP contribution in [0.5, 0.6) is 5.75 Å². The van der Waals surface area contributed by atoms with Crippen molar-refractivity contribution in [2.45, 2.75) is 6.42 Å². The predicted octanol–water partition coefficient (Wildman–Crippen LogP) is 6.51. The lowest BCUT2D eigenvalue weighted by molar-refractivity contribution is -0.122. The summed E-state index contributed by atoms with van der Waals surface area (Å²) >= 11 is 19.4. The van der Waals surface area contributed by atoms with Crippen LogP contribution in [0.25, 0.3) is 17.2 Å². The molecule has 3 aromatic carbocycles. The number of carboxylic acids is 1. The predicted molar refractivity (Wildman–Crippen MR) is 172 cm³/mol. The van der Waals surface area contributed by atoms with E-state index in [9.17, 15) is 9.59 Å². The van der Waals surface area contributed by atoms with Crippen molar-refractivity contribution in [3.8, 4) is 16.9 Å². The maximum atomic E-state index is 13.4. The molecule has 42 heavy (non-hydrogen) atoms. The standard InChI is InChI=1S/C31H28Cl2N2O5S2/c32-25-16-23(17-26(33)19-25)22-5-6-27(40-14-11-34-9-12-39-13-10-34)24(15-22)18-28-29(36)35(31(41)42-28)8-7-20-1-3-21(4-2-20)30(37)38/h1-6,15-19H,7-14H2,(H,37,38). The summed E-state index contributed by atoms with van der Waals surface area (Å²) in [7, 11) is 0. The molecule has 0 bridgehead atoms. The molecule has 0 unspecified atom stereocenters. The average Bonchev–Trinajstić information content (AvgIpc) is 3.24. The molecule has 2 aliphatic heterocycles. The van der Waals surface area contributed by atoms with Crippen molar-refractivity contribution >= 4 is 69.5 Å². The summed E-state index contributed by atoms with van der Waals surface area (Å²) in [6.07, 6.45) is 2.36. The van der Waals surface area contributed by atoms with Crippen molar-refractivity contribution in [1.29, 1.82) is 0 Å². The summed E-state index contributed by atoms with van der Waals surface area (Å²) in [6.45, 7) is 4.83. The maximum absolute atomic E-state index is 13.4. The zero-order chi connectivity index (χ0) is 29.6. The molecule has 3 aromatic rings. The van der Waals surface area contributed by atoms with Crippen molar-refractivity contribution in [2.24, 2.45) is 0 Å². The number of aromatic carboxylic acids is 1. The molecule has 2 fully saturated rings. The number of hydrogen-bond acceptors (Lipinski definition) is 7. The molecule has 0 atom stereocenters. The molecular weight excluding hydrogens is 615 g/mol. The minimum atomic E-state index is -0.976. The highest BCUT2D eigenvalue weighted by molar-refractivity contribution is 8.26. The van der Waals surface area contributed by atoms with Crippen molar-refractivity contribution < 1.29 is 24.2 Å². The van der Waals surface area contributed by atoms with Gasteiger partial charge in [0.25, 0.3) is 5.91 Å². The van der Waals surface area contributed by atoms with E-state index in [0.29, 0.717) is 44.6 Å². The lowest BCUT2D eigenvalue weighted by Crippen LogP contribution is -2.38. The first-order chi connectivity index (χ1) is 20.3. The Morgan fingerprint density at radius 3 is 2.40 bits per heavy atom. The van der Waals surface area contributed by atoms with E-state index in [1.807, 2.05) is 36.4 Å². The smallest absolute Gasteiger partial charge is 0.335 e. The van der Waals surface area contributed by atoms with Crippen molar-refractivity contribution in [1.82, 2.24) is 9.80 Å². The Hall–Kier alpha value is -2.92. The van der Waals surface area contributed by atoms with E-state index in [1.165, 1.54) is 11.8 Å². The van der Waals surface area contributed by atoms with Gasteiger partial charge in [-0.15, -0.1) is 0 Å². The van der Waals surface area contributed by atoms with Gasteiger partial charge < -0.3 is 14.6 Å². The zero-order valence-electron chi connectivity index (χ0n) is 22.6. The Bertz CT molecular complexity index is 1500. The van der Waals surface area contributed by atoms with Gasteiger partial charge in [-0.25, -0.2) is 4.79 Å². The van der Waals surface area contributed by atoms with Gasteiger partial charge in [0.15, 0.2) is 0 Å². The highest BCUT2D eigenvalue weighted by atomic mass is 35.5. The molecule has 2 aliphatic rings. The Labute approximate surface area is 264 Å². The van der Waals surface area contributed by atoms with E-state index in [2.05, 4.69) is 4.90 Å². The van der Waals surface area contributed by atoms with Crippen LogP contribution in [0, 0.1) is 0 Å². The average molecular weight is 644 g/mol. The summed E-state index contributed by atoms with van der Waals surface area (Å²) in [6, 6.07) is 17.8. The fourth-order valence-electron chi connectivity index (χ4n) is 4.69. The van der Waals surface area contributed by atoms with Crippen LogP contribution in [-0.4, -0.2) is 77.1 Å². The van der Waals surface area contributed by atoms with Gasteiger partial charge in [0.1, 0.15) is 16.7 Å². The summed E-state index contributed by atoms with van der Waals surface area (Å²) in [4.78, 5) is 28.9. The summed E-state index contributed by atoms with van der Waals surface area (Å²) in [5.74, 6) is -0.498. The van der Waals surface area contributed by atoms with Crippen molar-refractivity contribution in [3.63, 3.8) is 0 Å². The second-order valence-electron chi connectivity index (χ2n) is 9.80. The number of carbonyl (C=O) groups is 2. The topological polar surface area (TPSA) is 79.3 Å². The summed E-state index contributed by atoms with van der Waals surface area (Å²) in [5, 5.41) is 10.2. The zero-order valence-corrected chi connectivity index (χ0v) is 25.7. The third-order valence-corrected chi connectivity index (χ3v) is 8.77. The Morgan fingerprint density at radius 2 is 1.71 bits per heavy atom. The van der Waals surface area contributed by atoms with Gasteiger partial charge in [0.05, 0.1) is 23.7 Å². The number of thioether (sulfide) groups is 1. The largest absolute Gasteiger partial charge is 0.492 e. The number of carboxylic acid groups (broad SMARTS) is 1. The Balaban J connectivity index is 1.36. The first-order valence-corrected chi connectivity index (χ1v) is 15.4. The highest BCUT2D eigenvalue weighted by Gasteiger charge is 2.32. The molecule has 2 saturated heterocycles. The lowest BCUT2D eigenvalue weighted by atomic mass is 10.0. The summed E-state index contributed by atoms with van der Waals surface area (Å²) < 4.78 is 12.1. The monoisotopic (exact) mass is 642 g/mol. The molecule has 1 N–H and O–H groups in total. The molecule has 2 heterocycles. The molecule has 0 radical (unpaired) electrons. The van der Waals surface area contributed by atoms with Crippen molar-refractivity contribution in [3.05, 3.63) is 92.3 Å². The quantitative estimate of drug-likeness (QED) is 0.198. The van der Waals surface area contributed by atoms with E-state index in [0.717, 1.165) is 55.1 Å². The van der Waals surface area contributed by atoms with E-state index >= 15 is 0 Å². The molecule has 218 valence electrons. The fraction of sp³-hybridized carbons (Fsp3) is 0.258. The van der Waals surface area contributed by atoms with Crippen LogP contribution in [0.15, 0.2) is 65.6 Å². The maximum Gasteiger partial charge on any atom is 0.335 e. The molecular formula is C31H28Cl2N2O5S2. The number of benzene rings is 3. The van der Waals surface area contributed by atoms with Crippen LogP contribution < -0.4 is 4.74 Å². The Morgan fingerprint density at radius 1 is 1.00 bits per heavy atom. The van der Waals surface area contributed by atoms with Crippen LogP contribution >= 0.6 is 47.2 Å². The molecule has 0 spiro atoms. The number of amides is 1. The van der Waals surface area contributed by atoms with Crippen LogP contribution in [0.1, 0.15) is 21.5 Å². The van der Waals surface area contributed by atoms with Crippen LogP contribution in [-0.2, 0) is 16.0 Å². The third-order valence-electron chi connectivity index (χ3n) is 6.96. The number of ether oxygens (including phenoxy) is 2. The molecule has 11 heteroatoms. The third kappa shape index (κ3) is 7.72. The van der Waals surface area contributed by atoms with Gasteiger partial charge >= 0.3 is 5.97 Å². The van der Waals surface area contributed by atoms with Gasteiger partial charge in [-0.05, 0) is 71.7 Å². The van der Waals surface area contributed by atoms with E-state index < -0.39 is 5.97 Å². The van der Waals surface area contributed by atoms with E-state index in [-0.39, 0.29) is 11.5 Å². The first-order valence-electron chi connectivity index (χ1n) is 13.4. The minimum absolute atomic E-state index is 0.178. The number of thiocarbonyl (C=S) groups is 1. The normalized spacial score (nSPS) is 16.8. The first kappa shape index (κ1) is 30.5. The van der Waals surface area contributed by atoms with Gasteiger partial charge in [-0.3, -0.25) is 14.6 Å². The van der Waals surface area contributed by atoms with E-state index in [1.54, 1.807) is 35.2 Å². The van der Waals surface area contributed by atoms with Gasteiger partial charge in [0.2, 0.25) is 0 Å². The molecule has 0 aliphatic carbocycles. The SMILES string of the molecule is O=C(O)c1ccc(CCN2C(=O)C(=Cc3cc(-c4cc(Cl)cc(Cl)c4)ccc3OCCN3CCOCC3)SC2=S)cc1. The minimum Gasteiger partial charge on any atom is -0.492 e. The van der Waals surface area contributed by atoms with Crippen molar-refractivity contribution in [2.75, 3.05) is 46.0 Å². The number of halogens is 2. The number of morpholine rings is 1. The molecule has 7 nitrogen and oxygen atoms in total. The fourth-order valence-corrected chi connectivity index (χ4v) is 6.52. The van der Waals surface area contributed by atoms with Crippen LogP contribution in [0.4, 0.5) is 0 Å². The molecule has 1 amide bonds. The molecule has 5 rings (SSSR count).